The van der Waals surface area contributed by atoms with Gasteiger partial charge in [0.25, 0.3) is 5.91 Å². The van der Waals surface area contributed by atoms with Crippen molar-refractivity contribution in [2.45, 2.75) is 11.4 Å². The molecule has 148 valence electrons. The average Bonchev–Trinajstić information content (AvgIpc) is 2.68. The van der Waals surface area contributed by atoms with Crippen LogP contribution in [0.3, 0.4) is 0 Å². The highest BCUT2D eigenvalue weighted by Gasteiger charge is 2.27. The van der Waals surface area contributed by atoms with Crippen molar-refractivity contribution in [1.82, 2.24) is 14.5 Å². The molecule has 0 unspecified atom stereocenters. The van der Waals surface area contributed by atoms with Gasteiger partial charge in [0.1, 0.15) is 0 Å². The number of amides is 2. The van der Waals surface area contributed by atoms with E-state index in [1.807, 2.05) is 30.3 Å². The van der Waals surface area contributed by atoms with Gasteiger partial charge in [0.05, 0.1) is 22.0 Å². The molecule has 1 saturated heterocycles. The number of carbonyl (C=O) groups excluding carboxylic acids is 2. The second-order valence-electron chi connectivity index (χ2n) is 6.46. The summed E-state index contributed by atoms with van der Waals surface area (Å²) in [5.74, 6) is -0.732. The van der Waals surface area contributed by atoms with Crippen LogP contribution in [-0.4, -0.2) is 56.1 Å². The summed E-state index contributed by atoms with van der Waals surface area (Å²) in [6.45, 7) is 0.799. The highest BCUT2D eigenvalue weighted by Crippen LogP contribution is 2.25. The van der Waals surface area contributed by atoms with E-state index in [2.05, 4.69) is 5.32 Å². The SMILES string of the molecule is CN(Cc1ccccc1)S(=O)(=O)c1ccc(Cl)c(C(=O)N2CCNC(=O)C2)c1. The summed E-state index contributed by atoms with van der Waals surface area (Å²) in [5, 5.41) is 2.78. The Hall–Kier alpha value is -2.42. The molecule has 0 radical (unpaired) electrons. The van der Waals surface area contributed by atoms with Crippen LogP contribution >= 0.6 is 11.6 Å². The average molecular weight is 422 g/mol. The van der Waals surface area contributed by atoms with Crippen LogP contribution in [0.25, 0.3) is 0 Å². The molecule has 0 aliphatic carbocycles. The van der Waals surface area contributed by atoms with Crippen molar-refractivity contribution in [3.05, 3.63) is 64.7 Å². The number of rotatable bonds is 5. The Labute approximate surface area is 168 Å². The first-order valence-electron chi connectivity index (χ1n) is 8.65. The smallest absolute Gasteiger partial charge is 0.255 e. The monoisotopic (exact) mass is 421 g/mol. The Kier molecular flexibility index (Phi) is 6.02. The molecule has 3 rings (SSSR count). The van der Waals surface area contributed by atoms with Crippen LogP contribution in [-0.2, 0) is 21.4 Å². The summed E-state index contributed by atoms with van der Waals surface area (Å²) in [5.41, 5.74) is 0.906. The van der Waals surface area contributed by atoms with E-state index in [9.17, 15) is 18.0 Å². The van der Waals surface area contributed by atoms with Crippen LogP contribution in [0.1, 0.15) is 15.9 Å². The van der Waals surface area contributed by atoms with Crippen LogP contribution in [0.5, 0.6) is 0 Å². The predicted octanol–water partition coefficient (Wildman–Crippen LogP) is 1.73. The Balaban J connectivity index is 1.87. The van der Waals surface area contributed by atoms with E-state index in [-0.39, 0.29) is 34.5 Å². The van der Waals surface area contributed by atoms with Gasteiger partial charge in [-0.05, 0) is 23.8 Å². The van der Waals surface area contributed by atoms with Crippen LogP contribution in [0.2, 0.25) is 5.02 Å². The van der Waals surface area contributed by atoms with Gasteiger partial charge in [0.15, 0.2) is 0 Å². The van der Waals surface area contributed by atoms with Gasteiger partial charge in [-0.1, -0.05) is 41.9 Å². The number of benzene rings is 2. The first-order valence-corrected chi connectivity index (χ1v) is 10.5. The summed E-state index contributed by atoms with van der Waals surface area (Å²) >= 11 is 6.15. The van der Waals surface area contributed by atoms with Crippen LogP contribution in [0.4, 0.5) is 0 Å². The summed E-state index contributed by atoms with van der Waals surface area (Å²) in [6.07, 6.45) is 0. The van der Waals surface area contributed by atoms with E-state index < -0.39 is 15.9 Å². The molecule has 7 nitrogen and oxygen atoms in total. The Bertz CT molecular complexity index is 995. The van der Waals surface area contributed by atoms with Crippen LogP contribution < -0.4 is 5.32 Å². The lowest BCUT2D eigenvalue weighted by Crippen LogP contribution is -2.50. The minimum absolute atomic E-state index is 0.0276. The van der Waals surface area contributed by atoms with Gasteiger partial charge in [-0.2, -0.15) is 4.31 Å². The molecule has 0 saturated carbocycles. The predicted molar refractivity (Wildman–Crippen MR) is 105 cm³/mol. The van der Waals surface area contributed by atoms with Crippen molar-refractivity contribution in [3.8, 4) is 0 Å². The molecule has 0 atom stereocenters. The number of nitrogens with one attached hydrogen (secondary N) is 1. The molecule has 0 spiro atoms. The fourth-order valence-electron chi connectivity index (χ4n) is 2.92. The number of halogens is 1. The van der Waals surface area contributed by atoms with Crippen molar-refractivity contribution in [3.63, 3.8) is 0 Å². The molecule has 1 N–H and O–H groups in total. The number of piperazine rings is 1. The highest BCUT2D eigenvalue weighted by molar-refractivity contribution is 7.89. The van der Waals surface area contributed by atoms with Crippen molar-refractivity contribution >= 4 is 33.4 Å². The largest absolute Gasteiger partial charge is 0.353 e. The summed E-state index contributed by atoms with van der Waals surface area (Å²) in [4.78, 5) is 25.6. The lowest BCUT2D eigenvalue weighted by atomic mass is 10.2. The standard InChI is InChI=1S/C19H20ClN3O4S/c1-22(12-14-5-3-2-4-6-14)28(26,27)15-7-8-17(20)16(11-15)19(25)23-10-9-21-18(24)13-23/h2-8,11H,9-10,12-13H2,1H3,(H,21,24). The highest BCUT2D eigenvalue weighted by atomic mass is 35.5. The number of nitrogens with zero attached hydrogens (tertiary/aromatic N) is 2. The molecule has 2 aromatic rings. The van der Waals surface area contributed by atoms with E-state index in [0.717, 1.165) is 5.56 Å². The third-order valence-corrected chi connectivity index (χ3v) is 6.58. The van der Waals surface area contributed by atoms with Crippen molar-refractivity contribution < 1.29 is 18.0 Å². The number of carbonyl (C=O) groups is 2. The van der Waals surface area contributed by atoms with Gasteiger partial charge in [-0.25, -0.2) is 8.42 Å². The molecule has 0 aromatic heterocycles. The molecule has 2 amide bonds. The van der Waals surface area contributed by atoms with Gasteiger partial charge in [0.2, 0.25) is 15.9 Å². The van der Waals surface area contributed by atoms with Gasteiger partial charge in [0, 0.05) is 26.7 Å². The topological polar surface area (TPSA) is 86.8 Å². The minimum atomic E-state index is -3.83. The maximum atomic E-state index is 12.9. The van der Waals surface area contributed by atoms with Gasteiger partial charge >= 0.3 is 0 Å². The molecule has 1 fully saturated rings. The Morgan fingerprint density at radius 1 is 1.21 bits per heavy atom. The van der Waals surface area contributed by atoms with Crippen molar-refractivity contribution in [2.75, 3.05) is 26.7 Å². The van der Waals surface area contributed by atoms with E-state index >= 15 is 0 Å². The fraction of sp³-hybridized carbons (Fsp3) is 0.263. The second kappa shape index (κ2) is 8.30. The van der Waals surface area contributed by atoms with Gasteiger partial charge < -0.3 is 10.2 Å². The molecule has 1 heterocycles. The molecular formula is C19H20ClN3O4S. The third kappa shape index (κ3) is 4.35. The fourth-order valence-corrected chi connectivity index (χ4v) is 4.30. The minimum Gasteiger partial charge on any atom is -0.353 e. The molecule has 28 heavy (non-hydrogen) atoms. The van der Waals surface area contributed by atoms with E-state index in [4.69, 9.17) is 11.6 Å². The zero-order chi connectivity index (χ0) is 20.3. The van der Waals surface area contributed by atoms with Crippen molar-refractivity contribution in [2.24, 2.45) is 0 Å². The summed E-state index contributed by atoms with van der Waals surface area (Å²) < 4.78 is 27.1. The van der Waals surface area contributed by atoms with E-state index in [1.54, 1.807) is 0 Å². The number of hydrogen-bond donors (Lipinski definition) is 1. The van der Waals surface area contributed by atoms with Crippen LogP contribution in [0, 0.1) is 0 Å². The molecule has 0 bridgehead atoms. The lowest BCUT2D eigenvalue weighted by molar-refractivity contribution is -0.123. The third-order valence-electron chi connectivity index (χ3n) is 4.45. The molecule has 9 heteroatoms. The molecule has 2 aromatic carbocycles. The zero-order valence-corrected chi connectivity index (χ0v) is 16.8. The first kappa shape index (κ1) is 20.3. The van der Waals surface area contributed by atoms with Crippen LogP contribution in [0.15, 0.2) is 53.4 Å². The number of hydrogen-bond acceptors (Lipinski definition) is 4. The first-order chi connectivity index (χ1) is 13.3. The Morgan fingerprint density at radius 3 is 2.61 bits per heavy atom. The molecular weight excluding hydrogens is 402 g/mol. The maximum Gasteiger partial charge on any atom is 0.255 e. The van der Waals surface area contributed by atoms with Gasteiger partial charge in [-0.3, -0.25) is 9.59 Å². The number of sulfonamides is 1. The molecule has 1 aliphatic heterocycles. The van der Waals surface area contributed by atoms with Crippen molar-refractivity contribution in [1.29, 1.82) is 0 Å². The normalized spacial score (nSPS) is 14.8. The van der Waals surface area contributed by atoms with E-state index in [0.29, 0.717) is 13.1 Å². The second-order valence-corrected chi connectivity index (χ2v) is 8.92. The molecule has 1 aliphatic rings. The maximum absolute atomic E-state index is 12.9. The zero-order valence-electron chi connectivity index (χ0n) is 15.3. The summed E-state index contributed by atoms with van der Waals surface area (Å²) in [7, 11) is -2.35. The Morgan fingerprint density at radius 2 is 1.93 bits per heavy atom. The lowest BCUT2D eigenvalue weighted by Gasteiger charge is -2.27. The van der Waals surface area contributed by atoms with Gasteiger partial charge in [-0.15, -0.1) is 0 Å². The summed E-state index contributed by atoms with van der Waals surface area (Å²) in [6, 6.07) is 13.2. The quantitative estimate of drug-likeness (QED) is 0.796. The van der Waals surface area contributed by atoms with E-state index in [1.165, 1.54) is 34.5 Å².